The van der Waals surface area contributed by atoms with Crippen LogP contribution in [-0.4, -0.2) is 23.2 Å². The van der Waals surface area contributed by atoms with Crippen LogP contribution in [0.3, 0.4) is 0 Å². The molecule has 3 N–H and O–H groups in total. The zero-order chi connectivity index (χ0) is 18.9. The Kier molecular flexibility index (Phi) is 7.07. The highest BCUT2D eigenvalue weighted by atomic mass is 32.2. The molecule has 0 aliphatic rings. The number of carbonyl (C=O) groups is 1. The number of nitrogens with zero attached hydrogens (tertiary/aromatic N) is 1. The van der Waals surface area contributed by atoms with Gasteiger partial charge in [-0.25, -0.2) is 4.98 Å². The van der Waals surface area contributed by atoms with Crippen molar-refractivity contribution in [3.8, 4) is 0 Å². The summed E-state index contributed by atoms with van der Waals surface area (Å²) in [6, 6.07) is 19.8. The number of oxazole rings is 1. The van der Waals surface area contributed by atoms with E-state index in [1.54, 1.807) is 11.8 Å². The molecule has 1 atom stereocenters. The van der Waals surface area contributed by atoms with Gasteiger partial charge in [0, 0.05) is 18.1 Å². The van der Waals surface area contributed by atoms with E-state index < -0.39 is 0 Å². The van der Waals surface area contributed by atoms with Gasteiger partial charge >= 0.3 is 0 Å². The first kappa shape index (κ1) is 19.2. The average Bonchev–Trinajstić information content (AvgIpc) is 3.20. The molecule has 27 heavy (non-hydrogen) atoms. The van der Waals surface area contributed by atoms with E-state index in [2.05, 4.69) is 22.4 Å². The number of amides is 1. The molecule has 3 rings (SSSR count). The van der Waals surface area contributed by atoms with Crippen LogP contribution in [0.15, 0.2) is 71.3 Å². The molecular formula is C21H23N3O2S. The zero-order valence-corrected chi connectivity index (χ0v) is 15.8. The molecule has 0 radical (unpaired) electrons. The van der Waals surface area contributed by atoms with Gasteiger partial charge in [-0.3, -0.25) is 4.79 Å². The van der Waals surface area contributed by atoms with Gasteiger partial charge < -0.3 is 15.5 Å². The lowest BCUT2D eigenvalue weighted by Gasteiger charge is -2.07. The molecule has 0 bridgehead atoms. The van der Waals surface area contributed by atoms with Crippen molar-refractivity contribution >= 4 is 17.7 Å². The molecule has 140 valence electrons. The van der Waals surface area contributed by atoms with Crippen molar-refractivity contribution in [2.45, 2.75) is 18.2 Å². The van der Waals surface area contributed by atoms with Crippen molar-refractivity contribution in [3.05, 3.63) is 89.6 Å². The minimum absolute atomic E-state index is 0.239. The van der Waals surface area contributed by atoms with Gasteiger partial charge in [-0.05, 0) is 17.5 Å². The molecule has 5 nitrogen and oxygen atoms in total. The molecule has 1 amide bonds. The fourth-order valence-corrected chi connectivity index (χ4v) is 3.43. The van der Waals surface area contributed by atoms with Gasteiger partial charge in [0.05, 0.1) is 6.04 Å². The molecule has 0 aliphatic heterocycles. The quantitative estimate of drug-likeness (QED) is 0.554. The average molecular weight is 382 g/mol. The normalized spacial score (nSPS) is 11.9. The van der Waals surface area contributed by atoms with Gasteiger partial charge in [0.15, 0.2) is 5.69 Å². The summed E-state index contributed by atoms with van der Waals surface area (Å²) >= 11 is 1.78. The van der Waals surface area contributed by atoms with E-state index in [9.17, 15) is 4.79 Å². The van der Waals surface area contributed by atoms with Crippen molar-refractivity contribution in [1.29, 1.82) is 0 Å². The van der Waals surface area contributed by atoms with E-state index in [1.807, 2.05) is 48.5 Å². The number of nitrogens with two attached hydrogens (primary N) is 1. The molecule has 0 saturated heterocycles. The fraction of sp³-hybridized carbons (Fsp3) is 0.238. The second kappa shape index (κ2) is 9.94. The molecule has 1 unspecified atom stereocenters. The second-order valence-electron chi connectivity index (χ2n) is 6.16. The van der Waals surface area contributed by atoms with Gasteiger partial charge in [-0.1, -0.05) is 60.7 Å². The van der Waals surface area contributed by atoms with E-state index >= 15 is 0 Å². The molecule has 0 saturated carbocycles. The minimum atomic E-state index is -0.379. The van der Waals surface area contributed by atoms with Gasteiger partial charge in [-0.2, -0.15) is 11.8 Å². The highest BCUT2D eigenvalue weighted by Gasteiger charge is 2.17. The Morgan fingerprint density at radius 1 is 1.07 bits per heavy atom. The third-order valence-electron chi connectivity index (χ3n) is 4.01. The Bertz CT molecular complexity index is 837. The Labute approximate surface area is 163 Å². The summed E-state index contributed by atoms with van der Waals surface area (Å²) in [6.07, 6.45) is 1.98. The summed E-state index contributed by atoms with van der Waals surface area (Å²) in [5.41, 5.74) is 8.79. The van der Waals surface area contributed by atoms with Crippen LogP contribution in [0.25, 0.3) is 0 Å². The predicted molar refractivity (Wildman–Crippen MR) is 109 cm³/mol. The monoisotopic (exact) mass is 381 g/mol. The van der Waals surface area contributed by atoms with Crippen molar-refractivity contribution in [3.63, 3.8) is 0 Å². The number of nitrogens with one attached hydrogen (secondary N) is 1. The van der Waals surface area contributed by atoms with Crippen LogP contribution >= 0.6 is 11.8 Å². The van der Waals surface area contributed by atoms with Gasteiger partial charge in [0.2, 0.25) is 5.89 Å². The first-order chi connectivity index (χ1) is 13.2. The SMILES string of the molecule is NC(Cc1ccccc1)c1nc(C(=O)NCCSCc2ccccc2)co1. The first-order valence-electron chi connectivity index (χ1n) is 8.87. The molecular weight excluding hydrogens is 358 g/mol. The van der Waals surface area contributed by atoms with Gasteiger partial charge in [-0.15, -0.1) is 0 Å². The lowest BCUT2D eigenvalue weighted by atomic mass is 10.1. The van der Waals surface area contributed by atoms with E-state index in [0.29, 0.717) is 18.9 Å². The summed E-state index contributed by atoms with van der Waals surface area (Å²) < 4.78 is 5.40. The Morgan fingerprint density at radius 2 is 1.74 bits per heavy atom. The van der Waals surface area contributed by atoms with Crippen LogP contribution in [0.2, 0.25) is 0 Å². The van der Waals surface area contributed by atoms with E-state index in [1.165, 1.54) is 11.8 Å². The van der Waals surface area contributed by atoms with E-state index in [4.69, 9.17) is 10.2 Å². The lowest BCUT2D eigenvalue weighted by molar-refractivity contribution is 0.0951. The Morgan fingerprint density at radius 3 is 2.44 bits per heavy atom. The number of aromatic nitrogens is 1. The van der Waals surface area contributed by atoms with Gasteiger partial charge in [0.25, 0.3) is 5.91 Å². The van der Waals surface area contributed by atoms with Crippen molar-refractivity contribution in [2.24, 2.45) is 5.73 Å². The maximum atomic E-state index is 12.2. The standard InChI is InChI=1S/C21H23N3O2S/c22-18(13-16-7-3-1-4-8-16)21-24-19(14-26-21)20(25)23-11-12-27-15-17-9-5-2-6-10-17/h1-10,14,18H,11-13,15,22H2,(H,23,25). The summed E-state index contributed by atoms with van der Waals surface area (Å²) in [4.78, 5) is 16.4. The zero-order valence-electron chi connectivity index (χ0n) is 15.0. The molecule has 0 fully saturated rings. The first-order valence-corrected chi connectivity index (χ1v) is 10.0. The number of hydrogen-bond acceptors (Lipinski definition) is 5. The van der Waals surface area contributed by atoms with Crippen molar-refractivity contribution < 1.29 is 9.21 Å². The van der Waals surface area contributed by atoms with Crippen LogP contribution in [0.1, 0.15) is 33.5 Å². The topological polar surface area (TPSA) is 81.1 Å². The van der Waals surface area contributed by atoms with Crippen LogP contribution in [0, 0.1) is 0 Å². The second-order valence-corrected chi connectivity index (χ2v) is 7.27. The predicted octanol–water partition coefficient (Wildman–Crippen LogP) is 3.58. The molecule has 1 aromatic heterocycles. The molecule has 2 aromatic carbocycles. The van der Waals surface area contributed by atoms with E-state index in [-0.39, 0.29) is 17.6 Å². The molecule has 6 heteroatoms. The fourth-order valence-electron chi connectivity index (χ4n) is 2.61. The maximum Gasteiger partial charge on any atom is 0.273 e. The van der Waals surface area contributed by atoms with Crippen LogP contribution in [0.4, 0.5) is 0 Å². The largest absolute Gasteiger partial charge is 0.446 e. The summed E-state index contributed by atoms with van der Waals surface area (Å²) in [7, 11) is 0. The minimum Gasteiger partial charge on any atom is -0.446 e. The summed E-state index contributed by atoms with van der Waals surface area (Å²) in [5, 5.41) is 2.86. The Balaban J connectivity index is 1.41. The highest BCUT2D eigenvalue weighted by molar-refractivity contribution is 7.98. The van der Waals surface area contributed by atoms with Gasteiger partial charge in [0.1, 0.15) is 6.26 Å². The van der Waals surface area contributed by atoms with Crippen molar-refractivity contribution in [1.82, 2.24) is 10.3 Å². The molecule has 0 spiro atoms. The number of carbonyl (C=O) groups excluding carboxylic acids is 1. The summed E-state index contributed by atoms with van der Waals surface area (Å²) in [6.45, 7) is 0.578. The number of rotatable bonds is 9. The summed E-state index contributed by atoms with van der Waals surface area (Å²) in [5.74, 6) is 1.90. The maximum absolute atomic E-state index is 12.2. The third-order valence-corrected chi connectivity index (χ3v) is 5.04. The molecule has 0 aliphatic carbocycles. The number of thioether (sulfide) groups is 1. The number of hydrogen-bond donors (Lipinski definition) is 2. The van der Waals surface area contributed by atoms with Crippen molar-refractivity contribution in [2.75, 3.05) is 12.3 Å². The molecule has 1 heterocycles. The third kappa shape index (κ3) is 5.98. The Hall–Kier alpha value is -2.57. The van der Waals surface area contributed by atoms with Crippen LogP contribution < -0.4 is 11.1 Å². The number of benzene rings is 2. The molecule has 3 aromatic rings. The van der Waals surface area contributed by atoms with Crippen LogP contribution in [-0.2, 0) is 12.2 Å². The van der Waals surface area contributed by atoms with Crippen LogP contribution in [0.5, 0.6) is 0 Å². The highest BCUT2D eigenvalue weighted by Crippen LogP contribution is 2.16. The smallest absolute Gasteiger partial charge is 0.273 e. The lowest BCUT2D eigenvalue weighted by Crippen LogP contribution is -2.26. The van der Waals surface area contributed by atoms with E-state index in [0.717, 1.165) is 17.1 Å².